The van der Waals surface area contributed by atoms with Gasteiger partial charge in [0, 0.05) is 30.7 Å². The number of pyridine rings is 1. The first-order valence-electron chi connectivity index (χ1n) is 7.29. The predicted molar refractivity (Wildman–Crippen MR) is 97.4 cm³/mol. The Hall–Kier alpha value is -1.64. The summed E-state index contributed by atoms with van der Waals surface area (Å²) in [6, 6.07) is 3.91. The Morgan fingerprint density at radius 2 is 2.27 bits per heavy atom. The zero-order valence-corrected chi connectivity index (χ0v) is 14.7. The normalized spacial score (nSPS) is 15.0. The number of rotatable bonds is 5. The molecule has 2 aromatic rings. The van der Waals surface area contributed by atoms with E-state index < -0.39 is 0 Å². The van der Waals surface area contributed by atoms with E-state index in [0.29, 0.717) is 12.5 Å². The van der Waals surface area contributed by atoms with E-state index in [1.54, 1.807) is 18.7 Å². The molecule has 3 rings (SSSR count). The number of nitrogens with one attached hydrogen (secondary N) is 1. The number of aliphatic imine (C=N–C) groups is 1. The highest BCUT2D eigenvalue weighted by atomic mass is 127. The first-order valence-corrected chi connectivity index (χ1v) is 7.29. The standard InChI is InChI=1S/C15H20N6.HI/c16-15(19-9-12-3-1-4-12)20-10-13-5-2-6-18-14(13)21-8-7-17-11-21;/h2,5-8,11-12H,1,3-4,9-10H2,(H3,16,19,20);1H. The molecule has 0 saturated heterocycles. The molecule has 118 valence electrons. The molecule has 2 aromatic heterocycles. The van der Waals surface area contributed by atoms with Crippen LogP contribution in [0.4, 0.5) is 0 Å². The van der Waals surface area contributed by atoms with Gasteiger partial charge in [-0.15, -0.1) is 24.0 Å². The second-order valence-electron chi connectivity index (χ2n) is 5.34. The Balaban J connectivity index is 0.00000176. The van der Waals surface area contributed by atoms with E-state index in [0.717, 1.165) is 23.8 Å². The number of imidazole rings is 1. The highest BCUT2D eigenvalue weighted by Crippen LogP contribution is 2.25. The van der Waals surface area contributed by atoms with Gasteiger partial charge in [0.1, 0.15) is 12.1 Å². The molecule has 2 heterocycles. The number of guanidine groups is 1. The average molecular weight is 412 g/mol. The monoisotopic (exact) mass is 412 g/mol. The number of nitrogens with two attached hydrogens (primary N) is 1. The number of nitrogens with zero attached hydrogens (tertiary/aromatic N) is 4. The van der Waals surface area contributed by atoms with E-state index >= 15 is 0 Å². The number of hydrogen-bond acceptors (Lipinski definition) is 3. The fraction of sp³-hybridized carbons (Fsp3) is 0.400. The molecule has 1 saturated carbocycles. The van der Waals surface area contributed by atoms with Gasteiger partial charge in [-0.1, -0.05) is 12.5 Å². The van der Waals surface area contributed by atoms with Crippen molar-refractivity contribution in [3.63, 3.8) is 0 Å². The summed E-state index contributed by atoms with van der Waals surface area (Å²) in [5.41, 5.74) is 6.93. The summed E-state index contributed by atoms with van der Waals surface area (Å²) in [6.07, 6.45) is 11.0. The van der Waals surface area contributed by atoms with Gasteiger partial charge in [0.2, 0.25) is 0 Å². The summed E-state index contributed by atoms with van der Waals surface area (Å²) in [6.45, 7) is 1.43. The van der Waals surface area contributed by atoms with Gasteiger partial charge in [-0.3, -0.25) is 4.57 Å². The summed E-state index contributed by atoms with van der Waals surface area (Å²) in [4.78, 5) is 12.8. The summed E-state index contributed by atoms with van der Waals surface area (Å²) >= 11 is 0. The van der Waals surface area contributed by atoms with Gasteiger partial charge in [-0.25, -0.2) is 15.0 Å². The van der Waals surface area contributed by atoms with E-state index in [1.807, 2.05) is 22.9 Å². The number of hydrogen-bond donors (Lipinski definition) is 2. The second kappa shape index (κ2) is 8.11. The molecule has 0 atom stereocenters. The van der Waals surface area contributed by atoms with Crippen molar-refractivity contribution in [3.8, 4) is 5.82 Å². The lowest BCUT2D eigenvalue weighted by Gasteiger charge is -2.25. The van der Waals surface area contributed by atoms with Crippen molar-refractivity contribution in [2.75, 3.05) is 6.54 Å². The maximum absolute atomic E-state index is 5.92. The van der Waals surface area contributed by atoms with Gasteiger partial charge >= 0.3 is 0 Å². The topological polar surface area (TPSA) is 81.1 Å². The Bertz CT molecular complexity index is 606. The Labute approximate surface area is 147 Å². The number of aromatic nitrogens is 3. The molecule has 0 radical (unpaired) electrons. The smallest absolute Gasteiger partial charge is 0.188 e. The second-order valence-corrected chi connectivity index (χ2v) is 5.34. The Kier molecular flexibility index (Phi) is 6.17. The third kappa shape index (κ3) is 4.19. The molecule has 0 amide bonds. The fourth-order valence-electron chi connectivity index (χ4n) is 2.34. The quantitative estimate of drug-likeness (QED) is 0.448. The van der Waals surface area contributed by atoms with Crippen LogP contribution < -0.4 is 11.1 Å². The van der Waals surface area contributed by atoms with Gasteiger partial charge < -0.3 is 11.1 Å². The van der Waals surface area contributed by atoms with E-state index in [4.69, 9.17) is 5.73 Å². The van der Waals surface area contributed by atoms with Crippen LogP contribution in [0, 0.1) is 5.92 Å². The van der Waals surface area contributed by atoms with E-state index in [-0.39, 0.29) is 24.0 Å². The minimum absolute atomic E-state index is 0. The highest BCUT2D eigenvalue weighted by Gasteiger charge is 2.16. The molecule has 0 aromatic carbocycles. The number of halogens is 1. The van der Waals surface area contributed by atoms with Crippen molar-refractivity contribution >= 4 is 29.9 Å². The summed E-state index contributed by atoms with van der Waals surface area (Å²) in [5, 5.41) is 3.20. The summed E-state index contributed by atoms with van der Waals surface area (Å²) < 4.78 is 1.88. The van der Waals surface area contributed by atoms with Crippen LogP contribution >= 0.6 is 24.0 Å². The largest absolute Gasteiger partial charge is 0.370 e. The molecule has 1 aliphatic carbocycles. The molecular formula is C15H21IN6. The molecule has 6 nitrogen and oxygen atoms in total. The van der Waals surface area contributed by atoms with Crippen LogP contribution in [0.2, 0.25) is 0 Å². The van der Waals surface area contributed by atoms with Crippen LogP contribution in [0.1, 0.15) is 24.8 Å². The molecule has 3 N–H and O–H groups in total. The van der Waals surface area contributed by atoms with E-state index in [2.05, 4.69) is 20.3 Å². The van der Waals surface area contributed by atoms with Crippen LogP contribution in [0.15, 0.2) is 42.0 Å². The molecular weight excluding hydrogens is 391 g/mol. The van der Waals surface area contributed by atoms with Crippen LogP contribution in [0.25, 0.3) is 5.82 Å². The van der Waals surface area contributed by atoms with Crippen LogP contribution in [0.5, 0.6) is 0 Å². The third-order valence-corrected chi connectivity index (χ3v) is 3.83. The van der Waals surface area contributed by atoms with Gasteiger partial charge in [0.05, 0.1) is 6.54 Å². The average Bonchev–Trinajstić information content (AvgIpc) is 2.98. The van der Waals surface area contributed by atoms with Crippen LogP contribution in [-0.2, 0) is 6.54 Å². The first kappa shape index (κ1) is 16.7. The minimum Gasteiger partial charge on any atom is -0.370 e. The molecule has 0 unspecified atom stereocenters. The van der Waals surface area contributed by atoms with Crippen molar-refractivity contribution in [3.05, 3.63) is 42.6 Å². The maximum Gasteiger partial charge on any atom is 0.188 e. The summed E-state index contributed by atoms with van der Waals surface area (Å²) in [5.74, 6) is 2.10. The van der Waals surface area contributed by atoms with Crippen molar-refractivity contribution < 1.29 is 0 Å². The zero-order chi connectivity index (χ0) is 14.5. The summed E-state index contributed by atoms with van der Waals surface area (Å²) in [7, 11) is 0. The molecule has 0 bridgehead atoms. The van der Waals surface area contributed by atoms with Crippen molar-refractivity contribution in [2.24, 2.45) is 16.6 Å². The minimum atomic E-state index is 0. The lowest BCUT2D eigenvalue weighted by molar-refractivity contribution is 0.315. The predicted octanol–water partition coefficient (Wildman–Crippen LogP) is 2.09. The van der Waals surface area contributed by atoms with Crippen LogP contribution in [0.3, 0.4) is 0 Å². The third-order valence-electron chi connectivity index (χ3n) is 3.83. The SMILES string of the molecule is I.NC(=NCc1cccnc1-n1ccnc1)NCC1CCC1. The Morgan fingerprint density at radius 1 is 1.41 bits per heavy atom. The molecule has 1 aliphatic rings. The maximum atomic E-state index is 5.92. The van der Waals surface area contributed by atoms with E-state index in [9.17, 15) is 0 Å². The lowest BCUT2D eigenvalue weighted by atomic mass is 9.85. The zero-order valence-electron chi connectivity index (χ0n) is 12.4. The molecule has 1 fully saturated rings. The van der Waals surface area contributed by atoms with Gasteiger partial charge in [-0.05, 0) is 24.8 Å². The van der Waals surface area contributed by atoms with Crippen molar-refractivity contribution in [1.29, 1.82) is 0 Å². The first-order chi connectivity index (χ1) is 10.3. The highest BCUT2D eigenvalue weighted by molar-refractivity contribution is 14.0. The van der Waals surface area contributed by atoms with Gasteiger partial charge in [-0.2, -0.15) is 0 Å². The molecule has 7 heteroatoms. The molecule has 0 spiro atoms. The molecule has 22 heavy (non-hydrogen) atoms. The van der Waals surface area contributed by atoms with Gasteiger partial charge in [0.15, 0.2) is 5.96 Å². The fourth-order valence-corrected chi connectivity index (χ4v) is 2.34. The van der Waals surface area contributed by atoms with Crippen molar-refractivity contribution in [2.45, 2.75) is 25.8 Å². The van der Waals surface area contributed by atoms with Crippen LogP contribution in [-0.4, -0.2) is 27.0 Å². The lowest BCUT2D eigenvalue weighted by Crippen LogP contribution is -2.37. The molecule has 0 aliphatic heterocycles. The Morgan fingerprint density at radius 3 is 2.95 bits per heavy atom. The van der Waals surface area contributed by atoms with E-state index in [1.165, 1.54) is 19.3 Å². The van der Waals surface area contributed by atoms with Gasteiger partial charge in [0.25, 0.3) is 0 Å². The van der Waals surface area contributed by atoms with Crippen molar-refractivity contribution in [1.82, 2.24) is 19.9 Å².